The molecule has 1 aromatic heterocycles. The van der Waals surface area contributed by atoms with Crippen LogP contribution in [0.2, 0.25) is 0 Å². The molecule has 3 aromatic rings. The lowest BCUT2D eigenvalue weighted by molar-refractivity contribution is -0.130. The molecule has 1 heterocycles. The van der Waals surface area contributed by atoms with E-state index >= 15 is 0 Å². The number of carbonyl (C=O) groups is 2. The van der Waals surface area contributed by atoms with E-state index in [4.69, 9.17) is 4.52 Å². The highest BCUT2D eigenvalue weighted by molar-refractivity contribution is 5.94. The van der Waals surface area contributed by atoms with E-state index in [0.29, 0.717) is 41.8 Å². The summed E-state index contributed by atoms with van der Waals surface area (Å²) in [6.45, 7) is 0.439. The van der Waals surface area contributed by atoms with Gasteiger partial charge in [-0.25, -0.2) is 4.39 Å². The number of benzene rings is 2. The van der Waals surface area contributed by atoms with Gasteiger partial charge in [-0.3, -0.25) is 9.59 Å². The number of carbonyl (C=O) groups excluding carboxylic acids is 2. The number of nitrogens with one attached hydrogen (secondary N) is 1. The minimum absolute atomic E-state index is 0.0574. The Kier molecular flexibility index (Phi) is 6.06. The van der Waals surface area contributed by atoms with E-state index in [2.05, 4.69) is 15.5 Å². The zero-order valence-corrected chi connectivity index (χ0v) is 17.2. The quantitative estimate of drug-likeness (QED) is 0.601. The monoisotopic (exact) mass is 422 g/mol. The van der Waals surface area contributed by atoms with Crippen molar-refractivity contribution in [3.05, 3.63) is 71.4 Å². The van der Waals surface area contributed by atoms with Crippen LogP contribution in [0.15, 0.2) is 53.1 Å². The van der Waals surface area contributed by atoms with Crippen LogP contribution in [0.25, 0.3) is 11.4 Å². The number of nitrogens with zero attached hydrogens (tertiary/aromatic N) is 3. The van der Waals surface area contributed by atoms with Crippen LogP contribution in [-0.4, -0.2) is 39.9 Å². The van der Waals surface area contributed by atoms with Gasteiger partial charge in [-0.15, -0.1) is 0 Å². The maximum absolute atomic E-state index is 13.0. The van der Waals surface area contributed by atoms with Gasteiger partial charge in [0.15, 0.2) is 0 Å². The maximum atomic E-state index is 13.0. The summed E-state index contributed by atoms with van der Waals surface area (Å²) >= 11 is 0. The van der Waals surface area contributed by atoms with Gasteiger partial charge in [0, 0.05) is 43.6 Å². The third-order valence-electron chi connectivity index (χ3n) is 5.10. The summed E-state index contributed by atoms with van der Waals surface area (Å²) in [6.07, 6.45) is 2.64. The summed E-state index contributed by atoms with van der Waals surface area (Å²) in [5, 5.41) is 6.84. The van der Waals surface area contributed by atoms with Gasteiger partial charge in [0.25, 0.3) is 5.91 Å². The molecule has 8 heteroatoms. The first-order chi connectivity index (χ1) is 15.0. The summed E-state index contributed by atoms with van der Waals surface area (Å²) in [5.41, 5.74) is 2.21. The standard InChI is InChI=1S/C23H23FN4O3/c1-28(14-15-2-4-17(5-3-15)23(30)25-19-10-11-19)21(29)13-12-20-26-22(27-31-20)16-6-8-18(24)9-7-16/h2-9,19H,10-14H2,1H3,(H,25,30). The van der Waals surface area contributed by atoms with E-state index in [-0.39, 0.29) is 24.1 Å². The first kappa shape index (κ1) is 20.7. The molecule has 0 aliphatic heterocycles. The van der Waals surface area contributed by atoms with Crippen molar-refractivity contribution in [3.8, 4) is 11.4 Å². The van der Waals surface area contributed by atoms with Crippen LogP contribution < -0.4 is 5.32 Å². The van der Waals surface area contributed by atoms with Gasteiger partial charge in [0.2, 0.25) is 17.6 Å². The lowest BCUT2D eigenvalue weighted by Crippen LogP contribution is -2.27. The van der Waals surface area contributed by atoms with Crippen LogP contribution in [0.3, 0.4) is 0 Å². The van der Waals surface area contributed by atoms with E-state index in [1.54, 1.807) is 36.2 Å². The Labute approximate surface area is 179 Å². The van der Waals surface area contributed by atoms with E-state index in [1.807, 2.05) is 12.1 Å². The summed E-state index contributed by atoms with van der Waals surface area (Å²) in [5.74, 6) is 0.265. The highest BCUT2D eigenvalue weighted by Crippen LogP contribution is 2.20. The van der Waals surface area contributed by atoms with Gasteiger partial charge in [0.1, 0.15) is 5.82 Å². The van der Waals surface area contributed by atoms with Crippen molar-refractivity contribution in [2.75, 3.05) is 7.05 Å². The highest BCUT2D eigenvalue weighted by atomic mass is 19.1. The van der Waals surface area contributed by atoms with Crippen LogP contribution >= 0.6 is 0 Å². The number of aryl methyl sites for hydroxylation is 1. The van der Waals surface area contributed by atoms with Crippen molar-refractivity contribution in [2.24, 2.45) is 0 Å². The molecule has 31 heavy (non-hydrogen) atoms. The Bertz CT molecular complexity index is 1060. The molecule has 2 amide bonds. The lowest BCUT2D eigenvalue weighted by atomic mass is 10.1. The second kappa shape index (κ2) is 9.07. The summed E-state index contributed by atoms with van der Waals surface area (Å²) < 4.78 is 18.2. The van der Waals surface area contributed by atoms with Crippen LogP contribution in [0.4, 0.5) is 4.39 Å². The number of hydrogen-bond acceptors (Lipinski definition) is 5. The van der Waals surface area contributed by atoms with Gasteiger partial charge in [-0.2, -0.15) is 4.98 Å². The Morgan fingerprint density at radius 2 is 1.84 bits per heavy atom. The molecule has 1 N–H and O–H groups in total. The van der Waals surface area contributed by atoms with Crippen molar-refractivity contribution >= 4 is 11.8 Å². The van der Waals surface area contributed by atoms with E-state index in [9.17, 15) is 14.0 Å². The van der Waals surface area contributed by atoms with Gasteiger partial charge in [0.05, 0.1) is 0 Å². The van der Waals surface area contributed by atoms with E-state index in [1.165, 1.54) is 12.1 Å². The molecule has 1 fully saturated rings. The molecule has 160 valence electrons. The van der Waals surface area contributed by atoms with Crippen molar-refractivity contribution < 1.29 is 18.5 Å². The summed E-state index contributed by atoms with van der Waals surface area (Å²) in [4.78, 5) is 30.4. The third kappa shape index (κ3) is 5.53. The molecule has 0 atom stereocenters. The molecule has 1 saturated carbocycles. The Hall–Kier alpha value is -3.55. The van der Waals surface area contributed by atoms with Gasteiger partial charge < -0.3 is 14.7 Å². The number of amides is 2. The molecule has 0 radical (unpaired) electrons. The molecule has 1 aliphatic carbocycles. The minimum atomic E-state index is -0.336. The molecular weight excluding hydrogens is 399 g/mol. The Morgan fingerprint density at radius 1 is 1.13 bits per heavy atom. The lowest BCUT2D eigenvalue weighted by Gasteiger charge is -2.17. The SMILES string of the molecule is CN(Cc1ccc(C(=O)NC2CC2)cc1)C(=O)CCc1nc(-c2ccc(F)cc2)no1. The van der Waals surface area contributed by atoms with Gasteiger partial charge in [-0.1, -0.05) is 17.3 Å². The molecule has 7 nitrogen and oxygen atoms in total. The van der Waals surface area contributed by atoms with Gasteiger partial charge >= 0.3 is 0 Å². The minimum Gasteiger partial charge on any atom is -0.349 e. The smallest absolute Gasteiger partial charge is 0.251 e. The van der Waals surface area contributed by atoms with Crippen molar-refractivity contribution in [3.63, 3.8) is 0 Å². The molecular formula is C23H23FN4O3. The van der Waals surface area contributed by atoms with E-state index in [0.717, 1.165) is 18.4 Å². The summed E-state index contributed by atoms with van der Waals surface area (Å²) in [7, 11) is 1.73. The zero-order chi connectivity index (χ0) is 21.8. The normalized spacial score (nSPS) is 13.1. The number of aromatic nitrogens is 2. The predicted molar refractivity (Wildman–Crippen MR) is 111 cm³/mol. The van der Waals surface area contributed by atoms with Crippen molar-refractivity contribution in [1.82, 2.24) is 20.4 Å². The van der Waals surface area contributed by atoms with Crippen LogP contribution in [-0.2, 0) is 17.8 Å². The average Bonchev–Trinajstić information content (AvgIpc) is 3.46. The zero-order valence-electron chi connectivity index (χ0n) is 17.2. The third-order valence-corrected chi connectivity index (χ3v) is 5.10. The molecule has 4 rings (SSSR count). The fraction of sp³-hybridized carbons (Fsp3) is 0.304. The fourth-order valence-electron chi connectivity index (χ4n) is 3.10. The fourth-order valence-corrected chi connectivity index (χ4v) is 3.10. The van der Waals surface area contributed by atoms with Crippen LogP contribution in [0, 0.1) is 5.82 Å². The van der Waals surface area contributed by atoms with Gasteiger partial charge in [-0.05, 0) is 54.8 Å². The second-order valence-corrected chi connectivity index (χ2v) is 7.71. The molecule has 0 bridgehead atoms. The van der Waals surface area contributed by atoms with Crippen molar-refractivity contribution in [1.29, 1.82) is 0 Å². The molecule has 0 saturated heterocycles. The topological polar surface area (TPSA) is 88.3 Å². The first-order valence-electron chi connectivity index (χ1n) is 10.2. The van der Waals surface area contributed by atoms with Crippen molar-refractivity contribution in [2.45, 2.75) is 38.3 Å². The Balaban J connectivity index is 1.27. The van der Waals surface area contributed by atoms with Crippen LogP contribution in [0.1, 0.15) is 41.1 Å². The maximum Gasteiger partial charge on any atom is 0.251 e. The molecule has 2 aromatic carbocycles. The average molecular weight is 422 g/mol. The predicted octanol–water partition coefficient (Wildman–Crippen LogP) is 3.36. The van der Waals surface area contributed by atoms with Crippen LogP contribution in [0.5, 0.6) is 0 Å². The number of halogens is 1. The number of hydrogen-bond donors (Lipinski definition) is 1. The highest BCUT2D eigenvalue weighted by Gasteiger charge is 2.23. The molecule has 0 spiro atoms. The Morgan fingerprint density at radius 3 is 2.52 bits per heavy atom. The summed E-state index contributed by atoms with van der Waals surface area (Å²) in [6, 6.07) is 13.4. The largest absolute Gasteiger partial charge is 0.349 e. The second-order valence-electron chi connectivity index (χ2n) is 7.71. The molecule has 1 aliphatic rings. The molecule has 0 unspecified atom stereocenters. The first-order valence-corrected chi connectivity index (χ1v) is 10.2. The van der Waals surface area contributed by atoms with E-state index < -0.39 is 0 Å². The number of rotatable bonds is 8.